The van der Waals surface area contributed by atoms with Crippen molar-refractivity contribution in [3.8, 4) is 11.5 Å². The first kappa shape index (κ1) is 20.9. The number of benzene rings is 2. The molecule has 0 radical (unpaired) electrons. The first-order chi connectivity index (χ1) is 15.0. The number of carbonyl (C=O) groups is 2. The summed E-state index contributed by atoms with van der Waals surface area (Å²) in [7, 11) is 3.00. The van der Waals surface area contributed by atoms with Crippen molar-refractivity contribution in [1.29, 1.82) is 0 Å². The second-order valence-electron chi connectivity index (χ2n) is 6.60. The lowest BCUT2D eigenvalue weighted by Gasteiger charge is -2.24. The largest absolute Gasteiger partial charge is 0.507 e. The summed E-state index contributed by atoms with van der Waals surface area (Å²) in [5, 5.41) is 13.6. The summed E-state index contributed by atoms with van der Waals surface area (Å²) >= 11 is 7.16. The number of nitrogens with zero attached hydrogens (tertiary/aromatic N) is 2. The molecule has 2 aromatic carbocycles. The van der Waals surface area contributed by atoms with Crippen LogP contribution in [-0.2, 0) is 9.59 Å². The number of carbonyl (C=O) groups excluding carboxylic acids is 2. The monoisotopic (exact) mass is 456 g/mol. The predicted molar refractivity (Wildman–Crippen MR) is 118 cm³/mol. The van der Waals surface area contributed by atoms with Crippen LogP contribution in [0, 0.1) is 0 Å². The maximum Gasteiger partial charge on any atom is 0.301 e. The molecule has 0 spiro atoms. The second kappa shape index (κ2) is 8.41. The molecule has 1 N–H and O–H groups in total. The van der Waals surface area contributed by atoms with Crippen molar-refractivity contribution >= 4 is 45.5 Å². The van der Waals surface area contributed by atoms with E-state index in [9.17, 15) is 14.7 Å². The molecule has 0 aliphatic carbocycles. The number of anilines is 1. The maximum absolute atomic E-state index is 13.1. The van der Waals surface area contributed by atoms with Crippen molar-refractivity contribution < 1.29 is 24.2 Å². The van der Waals surface area contributed by atoms with Gasteiger partial charge in [-0.25, -0.2) is 4.98 Å². The first-order valence-electron chi connectivity index (χ1n) is 9.14. The molecular formula is C22H17ClN2O5S. The van der Waals surface area contributed by atoms with Crippen LogP contribution in [0.1, 0.15) is 17.2 Å². The number of Topliss-reactive ketones (excluding diaryl/α,β-unsaturated/α-hetero) is 1. The summed E-state index contributed by atoms with van der Waals surface area (Å²) in [4.78, 5) is 31.6. The Morgan fingerprint density at radius 1 is 1.13 bits per heavy atom. The second-order valence-corrected chi connectivity index (χ2v) is 7.91. The molecule has 7 nitrogen and oxygen atoms in total. The van der Waals surface area contributed by atoms with Crippen LogP contribution < -0.4 is 14.4 Å². The van der Waals surface area contributed by atoms with Gasteiger partial charge in [0.1, 0.15) is 23.3 Å². The van der Waals surface area contributed by atoms with Crippen molar-refractivity contribution in [1.82, 2.24) is 4.98 Å². The zero-order valence-corrected chi connectivity index (χ0v) is 18.1. The van der Waals surface area contributed by atoms with Crippen LogP contribution >= 0.6 is 22.9 Å². The lowest BCUT2D eigenvalue weighted by atomic mass is 9.94. The van der Waals surface area contributed by atoms with E-state index in [1.807, 2.05) is 0 Å². The normalized spacial score (nSPS) is 17.8. The van der Waals surface area contributed by atoms with Crippen LogP contribution in [0.3, 0.4) is 0 Å². The van der Waals surface area contributed by atoms with E-state index in [1.165, 1.54) is 30.5 Å². The highest BCUT2D eigenvalue weighted by Crippen LogP contribution is 2.46. The average Bonchev–Trinajstić information content (AvgIpc) is 3.40. The van der Waals surface area contributed by atoms with Gasteiger partial charge in [0.15, 0.2) is 5.13 Å². The number of methoxy groups -OCH3 is 2. The Morgan fingerprint density at radius 3 is 2.48 bits per heavy atom. The lowest BCUT2D eigenvalue weighted by Crippen LogP contribution is -2.29. The van der Waals surface area contributed by atoms with E-state index in [1.54, 1.807) is 54.0 Å². The molecule has 1 saturated heterocycles. The third-order valence-corrected chi connectivity index (χ3v) is 5.95. The molecule has 158 valence electrons. The predicted octanol–water partition coefficient (Wildman–Crippen LogP) is 4.44. The Labute approximate surface area is 187 Å². The van der Waals surface area contributed by atoms with Gasteiger partial charge in [-0.05, 0) is 36.4 Å². The fourth-order valence-electron chi connectivity index (χ4n) is 3.47. The van der Waals surface area contributed by atoms with Crippen molar-refractivity contribution in [2.75, 3.05) is 19.1 Å². The third kappa shape index (κ3) is 3.64. The number of hydrogen-bond acceptors (Lipinski definition) is 7. The highest BCUT2D eigenvalue weighted by molar-refractivity contribution is 7.14. The van der Waals surface area contributed by atoms with Gasteiger partial charge in [-0.15, -0.1) is 11.3 Å². The Kier molecular flexibility index (Phi) is 5.67. The number of ketones is 1. The fraction of sp³-hybridized carbons (Fsp3) is 0.136. The minimum absolute atomic E-state index is 0.0639. The molecule has 1 aliphatic heterocycles. The fourth-order valence-corrected chi connectivity index (χ4v) is 4.26. The quantitative estimate of drug-likeness (QED) is 0.347. The van der Waals surface area contributed by atoms with Crippen LogP contribution in [-0.4, -0.2) is 36.0 Å². The van der Waals surface area contributed by atoms with Gasteiger partial charge in [0.25, 0.3) is 5.78 Å². The summed E-state index contributed by atoms with van der Waals surface area (Å²) < 4.78 is 10.8. The Bertz CT molecular complexity index is 1180. The van der Waals surface area contributed by atoms with Gasteiger partial charge in [-0.3, -0.25) is 14.5 Å². The van der Waals surface area contributed by atoms with E-state index < -0.39 is 17.7 Å². The van der Waals surface area contributed by atoms with E-state index in [4.69, 9.17) is 21.1 Å². The molecule has 0 bridgehead atoms. The van der Waals surface area contributed by atoms with Crippen molar-refractivity contribution in [2.45, 2.75) is 6.04 Å². The van der Waals surface area contributed by atoms with Gasteiger partial charge in [0.2, 0.25) is 0 Å². The Hall–Kier alpha value is -3.36. The Balaban J connectivity index is 1.97. The molecule has 1 aromatic heterocycles. The summed E-state index contributed by atoms with van der Waals surface area (Å²) in [5.41, 5.74) is 0.804. The van der Waals surface area contributed by atoms with Crippen molar-refractivity contribution in [3.05, 3.63) is 75.8 Å². The first-order valence-corrected chi connectivity index (χ1v) is 10.4. The van der Waals surface area contributed by atoms with Gasteiger partial charge < -0.3 is 14.6 Å². The molecule has 4 rings (SSSR count). The van der Waals surface area contributed by atoms with Crippen molar-refractivity contribution in [2.24, 2.45) is 0 Å². The molecule has 31 heavy (non-hydrogen) atoms. The summed E-state index contributed by atoms with van der Waals surface area (Å²) in [6.45, 7) is 0. The molecule has 1 atom stereocenters. The third-order valence-electron chi connectivity index (χ3n) is 4.92. The van der Waals surface area contributed by atoms with Crippen LogP contribution in [0.5, 0.6) is 11.5 Å². The van der Waals surface area contributed by atoms with Gasteiger partial charge >= 0.3 is 5.91 Å². The molecule has 0 saturated carbocycles. The molecule has 9 heteroatoms. The van der Waals surface area contributed by atoms with E-state index in [0.717, 1.165) is 0 Å². The van der Waals surface area contributed by atoms with Crippen molar-refractivity contribution in [3.63, 3.8) is 0 Å². The minimum atomic E-state index is -0.942. The molecule has 2 heterocycles. The molecular weight excluding hydrogens is 440 g/mol. The number of aliphatic hydroxyl groups excluding tert-OH is 1. The Morgan fingerprint density at radius 2 is 1.87 bits per heavy atom. The number of thiazole rings is 1. The number of amides is 1. The zero-order valence-electron chi connectivity index (χ0n) is 16.5. The number of aromatic nitrogens is 1. The topological polar surface area (TPSA) is 89.0 Å². The van der Waals surface area contributed by atoms with E-state index in [2.05, 4.69) is 4.98 Å². The SMILES string of the molecule is COc1ccc(C2C(=C(O)c3ccc(Cl)cc3)C(=O)C(=O)N2c2nccs2)c(OC)c1. The minimum Gasteiger partial charge on any atom is -0.507 e. The van der Waals surface area contributed by atoms with Crippen LogP contribution in [0.4, 0.5) is 5.13 Å². The van der Waals surface area contributed by atoms with Crippen LogP contribution in [0.25, 0.3) is 5.76 Å². The lowest BCUT2D eigenvalue weighted by molar-refractivity contribution is -0.132. The highest BCUT2D eigenvalue weighted by Gasteiger charge is 2.49. The average molecular weight is 457 g/mol. The number of rotatable bonds is 5. The summed E-state index contributed by atoms with van der Waals surface area (Å²) in [6.07, 6.45) is 1.54. The molecule has 1 unspecified atom stereocenters. The molecule has 3 aromatic rings. The van der Waals surface area contributed by atoms with Gasteiger partial charge in [-0.1, -0.05) is 11.6 Å². The van der Waals surface area contributed by atoms with Crippen LogP contribution in [0.15, 0.2) is 59.6 Å². The van der Waals surface area contributed by atoms with Gasteiger partial charge in [0.05, 0.1) is 19.8 Å². The number of halogens is 1. The standard InChI is InChI=1S/C22H17ClN2O5S/c1-29-14-7-8-15(16(11-14)30-2)18-17(19(26)12-3-5-13(23)6-4-12)20(27)21(28)25(18)22-24-9-10-31-22/h3-11,18,26H,1-2H3. The number of hydrogen-bond donors (Lipinski definition) is 1. The number of aliphatic hydroxyl groups is 1. The smallest absolute Gasteiger partial charge is 0.301 e. The number of ether oxygens (including phenoxy) is 2. The zero-order chi connectivity index (χ0) is 22.1. The van der Waals surface area contributed by atoms with Crippen LogP contribution in [0.2, 0.25) is 5.02 Å². The maximum atomic E-state index is 13.1. The molecule has 1 fully saturated rings. The molecule has 1 aliphatic rings. The van der Waals surface area contributed by atoms with Gasteiger partial charge in [0, 0.05) is 33.8 Å². The molecule has 1 amide bonds. The summed E-state index contributed by atoms with van der Waals surface area (Å²) in [6, 6.07) is 10.5. The van der Waals surface area contributed by atoms with E-state index in [0.29, 0.717) is 32.8 Å². The van der Waals surface area contributed by atoms with E-state index in [-0.39, 0.29) is 11.3 Å². The van der Waals surface area contributed by atoms with E-state index >= 15 is 0 Å². The van der Waals surface area contributed by atoms with Gasteiger partial charge in [-0.2, -0.15) is 0 Å². The summed E-state index contributed by atoms with van der Waals surface area (Å²) in [5.74, 6) is -0.963. The highest BCUT2D eigenvalue weighted by atomic mass is 35.5.